The van der Waals surface area contributed by atoms with Crippen molar-refractivity contribution < 1.29 is 19.5 Å². The Morgan fingerprint density at radius 3 is 2.83 bits per heavy atom. The van der Waals surface area contributed by atoms with E-state index in [1.54, 1.807) is 24.4 Å². The van der Waals surface area contributed by atoms with E-state index in [-0.39, 0.29) is 24.8 Å². The molecule has 0 radical (unpaired) electrons. The molecule has 0 spiro atoms. The molecule has 0 aromatic carbocycles. The standard InChI is InChI=1S/C21H30N4O4/c26-19(27)13-16(10-6-9-15-7-2-1-3-8-15)21-24-18(25-29-21)14-23-20(28)17-11-4-5-12-22-17/h4-5,11-12,15-16,18,25H,1-3,6-10,13-14H2,(H,23,28)(H,26,27)/t16-,18?/m1/s1. The van der Waals surface area contributed by atoms with Crippen molar-refractivity contribution >= 4 is 17.8 Å². The zero-order valence-corrected chi connectivity index (χ0v) is 16.7. The molecule has 8 nitrogen and oxygen atoms in total. The maximum absolute atomic E-state index is 12.1. The van der Waals surface area contributed by atoms with E-state index in [9.17, 15) is 14.7 Å². The molecule has 3 rings (SSSR count). The second-order valence-corrected chi connectivity index (χ2v) is 7.86. The Hall–Kier alpha value is -2.48. The molecule has 1 unspecified atom stereocenters. The van der Waals surface area contributed by atoms with E-state index in [1.807, 2.05) is 0 Å². The van der Waals surface area contributed by atoms with Gasteiger partial charge in [-0.3, -0.25) is 14.6 Å². The molecule has 1 amide bonds. The summed E-state index contributed by atoms with van der Waals surface area (Å²) in [6.45, 7) is 0.237. The fourth-order valence-corrected chi connectivity index (χ4v) is 4.04. The molecule has 2 heterocycles. The van der Waals surface area contributed by atoms with Crippen molar-refractivity contribution in [3.05, 3.63) is 30.1 Å². The molecule has 1 aromatic heterocycles. The van der Waals surface area contributed by atoms with Gasteiger partial charge in [0.1, 0.15) is 5.69 Å². The average molecular weight is 402 g/mol. The summed E-state index contributed by atoms with van der Waals surface area (Å²) < 4.78 is 0. The summed E-state index contributed by atoms with van der Waals surface area (Å²) >= 11 is 0. The lowest BCUT2D eigenvalue weighted by Gasteiger charge is -2.22. The molecule has 2 aliphatic rings. The SMILES string of the molecule is O=C(O)C[C@@H](CCCC1CCCCC1)C1=NC(CNC(=O)c2ccccn2)NO1. The van der Waals surface area contributed by atoms with Gasteiger partial charge in [-0.05, 0) is 24.5 Å². The molecular formula is C21H30N4O4. The Morgan fingerprint density at radius 2 is 2.10 bits per heavy atom. The fourth-order valence-electron chi connectivity index (χ4n) is 4.04. The summed E-state index contributed by atoms with van der Waals surface area (Å²) in [5.41, 5.74) is 3.11. The first kappa shape index (κ1) is 21.2. The van der Waals surface area contributed by atoms with E-state index in [4.69, 9.17) is 4.84 Å². The van der Waals surface area contributed by atoms with Crippen molar-refractivity contribution in [1.82, 2.24) is 15.8 Å². The van der Waals surface area contributed by atoms with Crippen LogP contribution in [0.25, 0.3) is 0 Å². The third-order valence-electron chi connectivity index (χ3n) is 5.60. The molecule has 158 valence electrons. The normalized spacial score (nSPS) is 20.6. The number of aliphatic imine (C=N–C) groups is 1. The number of hydroxylamine groups is 1. The Morgan fingerprint density at radius 1 is 1.28 bits per heavy atom. The summed E-state index contributed by atoms with van der Waals surface area (Å²) in [5, 5.41) is 12.0. The lowest BCUT2D eigenvalue weighted by molar-refractivity contribution is -0.137. The van der Waals surface area contributed by atoms with Gasteiger partial charge >= 0.3 is 5.97 Å². The van der Waals surface area contributed by atoms with Crippen LogP contribution in [0.5, 0.6) is 0 Å². The minimum Gasteiger partial charge on any atom is -0.481 e. The van der Waals surface area contributed by atoms with Crippen LogP contribution in [-0.4, -0.2) is 40.6 Å². The number of amides is 1. The third-order valence-corrected chi connectivity index (χ3v) is 5.60. The van der Waals surface area contributed by atoms with Crippen LogP contribution in [0.3, 0.4) is 0 Å². The van der Waals surface area contributed by atoms with Crippen LogP contribution in [0, 0.1) is 11.8 Å². The first-order valence-corrected chi connectivity index (χ1v) is 10.5. The molecule has 3 N–H and O–H groups in total. The number of rotatable bonds is 10. The molecule has 2 atom stereocenters. The number of aliphatic carboxylic acids is 1. The van der Waals surface area contributed by atoms with Crippen LogP contribution >= 0.6 is 0 Å². The number of aromatic nitrogens is 1. The van der Waals surface area contributed by atoms with E-state index < -0.39 is 12.1 Å². The molecule has 1 aliphatic heterocycles. The molecule has 1 aliphatic carbocycles. The van der Waals surface area contributed by atoms with Gasteiger partial charge in [0.25, 0.3) is 5.91 Å². The van der Waals surface area contributed by atoms with Gasteiger partial charge < -0.3 is 15.3 Å². The molecule has 8 heteroatoms. The second-order valence-electron chi connectivity index (χ2n) is 7.86. The lowest BCUT2D eigenvalue weighted by atomic mass is 9.84. The molecular weight excluding hydrogens is 372 g/mol. The Labute approximate surface area is 171 Å². The average Bonchev–Trinajstić information content (AvgIpc) is 3.21. The summed E-state index contributed by atoms with van der Waals surface area (Å²) in [4.78, 5) is 37.3. The van der Waals surface area contributed by atoms with Gasteiger partial charge in [0.05, 0.1) is 13.0 Å². The predicted molar refractivity (Wildman–Crippen MR) is 108 cm³/mol. The number of pyridine rings is 1. The van der Waals surface area contributed by atoms with E-state index in [0.29, 0.717) is 11.6 Å². The fraction of sp³-hybridized carbons (Fsp3) is 0.619. The largest absolute Gasteiger partial charge is 0.481 e. The number of carboxylic acids is 1. The van der Waals surface area contributed by atoms with Gasteiger partial charge in [-0.15, -0.1) is 5.48 Å². The quantitative estimate of drug-likeness (QED) is 0.555. The number of carbonyl (C=O) groups excluding carboxylic acids is 1. The molecule has 1 saturated carbocycles. The topological polar surface area (TPSA) is 113 Å². The molecule has 29 heavy (non-hydrogen) atoms. The van der Waals surface area contributed by atoms with Crippen LogP contribution in [-0.2, 0) is 9.63 Å². The number of nitrogens with one attached hydrogen (secondary N) is 2. The Kier molecular flexibility index (Phi) is 7.98. The van der Waals surface area contributed by atoms with Crippen molar-refractivity contribution in [2.45, 2.75) is 64.0 Å². The highest BCUT2D eigenvalue weighted by molar-refractivity contribution is 5.92. The van der Waals surface area contributed by atoms with Crippen molar-refractivity contribution in [2.75, 3.05) is 6.54 Å². The number of carbonyl (C=O) groups is 2. The van der Waals surface area contributed by atoms with Crippen LogP contribution in [0.1, 0.15) is 68.3 Å². The lowest BCUT2D eigenvalue weighted by Crippen LogP contribution is -2.37. The smallest absolute Gasteiger partial charge is 0.304 e. The predicted octanol–water partition coefficient (Wildman–Crippen LogP) is 2.91. The highest BCUT2D eigenvalue weighted by Gasteiger charge is 2.28. The molecule has 0 saturated heterocycles. The zero-order valence-electron chi connectivity index (χ0n) is 16.7. The number of hydrogen-bond donors (Lipinski definition) is 3. The van der Waals surface area contributed by atoms with Crippen LogP contribution in [0.4, 0.5) is 0 Å². The summed E-state index contributed by atoms with van der Waals surface area (Å²) in [6.07, 6.45) is 10.5. The third kappa shape index (κ3) is 6.81. The highest BCUT2D eigenvalue weighted by atomic mass is 16.7. The van der Waals surface area contributed by atoms with E-state index in [2.05, 4.69) is 20.8 Å². The molecule has 0 bridgehead atoms. The molecule has 1 aromatic rings. The van der Waals surface area contributed by atoms with Crippen LogP contribution in [0.15, 0.2) is 29.4 Å². The second kappa shape index (κ2) is 10.9. The maximum Gasteiger partial charge on any atom is 0.304 e. The summed E-state index contributed by atoms with van der Waals surface area (Å²) in [5.74, 6) is -0.196. The maximum atomic E-state index is 12.1. The van der Waals surface area contributed by atoms with E-state index in [1.165, 1.54) is 32.1 Å². The van der Waals surface area contributed by atoms with Gasteiger partial charge in [-0.1, -0.05) is 51.0 Å². The number of nitrogens with zero attached hydrogens (tertiary/aromatic N) is 2. The van der Waals surface area contributed by atoms with Gasteiger partial charge in [-0.2, -0.15) is 0 Å². The van der Waals surface area contributed by atoms with Crippen molar-refractivity contribution in [3.63, 3.8) is 0 Å². The minimum atomic E-state index is -0.856. The zero-order chi connectivity index (χ0) is 20.5. The Balaban J connectivity index is 1.48. The monoisotopic (exact) mass is 402 g/mol. The summed E-state index contributed by atoms with van der Waals surface area (Å²) in [6, 6.07) is 5.13. The van der Waals surface area contributed by atoms with Crippen LogP contribution in [0.2, 0.25) is 0 Å². The minimum absolute atomic E-state index is 0.00179. The van der Waals surface area contributed by atoms with Crippen molar-refractivity contribution in [1.29, 1.82) is 0 Å². The van der Waals surface area contributed by atoms with Crippen molar-refractivity contribution in [2.24, 2.45) is 16.8 Å². The van der Waals surface area contributed by atoms with Gasteiger partial charge in [-0.25, -0.2) is 4.99 Å². The molecule has 1 fully saturated rings. The number of hydrogen-bond acceptors (Lipinski definition) is 6. The van der Waals surface area contributed by atoms with Gasteiger partial charge in [0, 0.05) is 12.1 Å². The highest BCUT2D eigenvalue weighted by Crippen LogP contribution is 2.29. The van der Waals surface area contributed by atoms with Crippen LogP contribution < -0.4 is 10.8 Å². The van der Waals surface area contributed by atoms with E-state index >= 15 is 0 Å². The number of carboxylic acid groups (broad SMARTS) is 1. The first-order chi connectivity index (χ1) is 14.1. The van der Waals surface area contributed by atoms with Crippen molar-refractivity contribution in [3.8, 4) is 0 Å². The Bertz CT molecular complexity index is 704. The first-order valence-electron chi connectivity index (χ1n) is 10.5. The van der Waals surface area contributed by atoms with Gasteiger partial charge in [0.15, 0.2) is 6.17 Å². The summed E-state index contributed by atoms with van der Waals surface area (Å²) in [7, 11) is 0. The van der Waals surface area contributed by atoms with Gasteiger partial charge in [0.2, 0.25) is 5.90 Å². The van der Waals surface area contributed by atoms with E-state index in [0.717, 1.165) is 25.2 Å².